The van der Waals surface area contributed by atoms with Gasteiger partial charge in [-0.05, 0) is 78.7 Å². The highest BCUT2D eigenvalue weighted by atomic mass is 35.5. The van der Waals surface area contributed by atoms with Gasteiger partial charge in [0.15, 0.2) is 0 Å². The third kappa shape index (κ3) is 6.13. The van der Waals surface area contributed by atoms with Gasteiger partial charge in [-0.25, -0.2) is 4.39 Å². The van der Waals surface area contributed by atoms with Crippen LogP contribution in [0, 0.1) is 23.6 Å². The molecule has 168 valence electrons. The van der Waals surface area contributed by atoms with Gasteiger partial charge in [0.2, 0.25) is 0 Å². The van der Waals surface area contributed by atoms with E-state index in [2.05, 4.69) is 13.0 Å². The van der Waals surface area contributed by atoms with Crippen LogP contribution in [0.4, 0.5) is 4.39 Å². The molecule has 2 heteroatoms. The van der Waals surface area contributed by atoms with Crippen LogP contribution in [0.25, 0.3) is 11.1 Å². The minimum Gasteiger partial charge on any atom is -0.206 e. The van der Waals surface area contributed by atoms with Crippen LogP contribution in [-0.4, -0.2) is 0 Å². The van der Waals surface area contributed by atoms with Crippen LogP contribution in [0.1, 0.15) is 95.5 Å². The second kappa shape index (κ2) is 11.0. The van der Waals surface area contributed by atoms with Gasteiger partial charge in [-0.2, -0.15) is 0 Å². The van der Waals surface area contributed by atoms with Crippen LogP contribution in [0.3, 0.4) is 0 Å². The SMILES string of the molecule is CCC[C@H]1CC[C@H](CCC2CCC(c3ccc(-c4ccc(Cl)cc4)c(F)c3)CC2)CC1. The highest BCUT2D eigenvalue weighted by Crippen LogP contribution is 2.41. The van der Waals surface area contributed by atoms with E-state index < -0.39 is 0 Å². The first-order chi connectivity index (χ1) is 15.1. The quantitative estimate of drug-likeness (QED) is 0.401. The molecule has 2 aliphatic carbocycles. The molecule has 0 saturated heterocycles. The average molecular weight is 441 g/mol. The summed E-state index contributed by atoms with van der Waals surface area (Å²) in [5.41, 5.74) is 2.74. The lowest BCUT2D eigenvalue weighted by atomic mass is 9.74. The minimum absolute atomic E-state index is 0.111. The summed E-state index contributed by atoms with van der Waals surface area (Å²) in [6, 6.07) is 13.3. The normalized spacial score (nSPS) is 26.7. The zero-order valence-corrected chi connectivity index (χ0v) is 19.8. The number of hydrogen-bond acceptors (Lipinski definition) is 0. The molecule has 2 saturated carbocycles. The Morgan fingerprint density at radius 3 is 1.84 bits per heavy atom. The first-order valence-electron chi connectivity index (χ1n) is 12.7. The number of halogens is 2. The third-order valence-electron chi connectivity index (χ3n) is 8.11. The Morgan fingerprint density at radius 2 is 1.29 bits per heavy atom. The molecular weight excluding hydrogens is 403 g/mol. The second-order valence-electron chi connectivity index (χ2n) is 10.2. The van der Waals surface area contributed by atoms with Crippen LogP contribution < -0.4 is 0 Å². The summed E-state index contributed by atoms with van der Waals surface area (Å²) in [7, 11) is 0. The average Bonchev–Trinajstić information content (AvgIpc) is 2.80. The lowest BCUT2D eigenvalue weighted by Crippen LogP contribution is -2.17. The van der Waals surface area contributed by atoms with Crippen LogP contribution in [0.2, 0.25) is 5.02 Å². The lowest BCUT2D eigenvalue weighted by Gasteiger charge is -2.32. The molecule has 2 aromatic rings. The fourth-order valence-corrected chi connectivity index (χ4v) is 6.25. The first kappa shape index (κ1) is 22.8. The Hall–Kier alpha value is -1.34. The molecule has 0 aromatic heterocycles. The highest BCUT2D eigenvalue weighted by molar-refractivity contribution is 6.30. The molecule has 2 aromatic carbocycles. The summed E-state index contributed by atoms with van der Waals surface area (Å²) >= 11 is 5.97. The van der Waals surface area contributed by atoms with Crippen LogP contribution in [0.5, 0.6) is 0 Å². The van der Waals surface area contributed by atoms with Crippen molar-refractivity contribution < 1.29 is 4.39 Å². The van der Waals surface area contributed by atoms with Gasteiger partial charge in [-0.1, -0.05) is 94.2 Å². The maximum atomic E-state index is 14.8. The monoisotopic (exact) mass is 440 g/mol. The zero-order valence-electron chi connectivity index (χ0n) is 19.1. The van der Waals surface area contributed by atoms with Gasteiger partial charge in [-0.3, -0.25) is 0 Å². The van der Waals surface area contributed by atoms with Crippen molar-refractivity contribution in [2.24, 2.45) is 17.8 Å². The van der Waals surface area contributed by atoms with Crippen molar-refractivity contribution >= 4 is 11.6 Å². The van der Waals surface area contributed by atoms with Gasteiger partial charge in [0, 0.05) is 10.6 Å². The van der Waals surface area contributed by atoms with E-state index in [1.165, 1.54) is 82.6 Å². The van der Waals surface area contributed by atoms with Crippen molar-refractivity contribution in [3.63, 3.8) is 0 Å². The largest absolute Gasteiger partial charge is 0.206 e. The Labute approximate surface area is 193 Å². The molecular formula is C29H38ClF. The van der Waals surface area contributed by atoms with Crippen molar-refractivity contribution in [3.05, 3.63) is 58.9 Å². The van der Waals surface area contributed by atoms with Crippen LogP contribution in [-0.2, 0) is 0 Å². The summed E-state index contributed by atoms with van der Waals surface area (Å²) in [6.45, 7) is 2.32. The maximum absolute atomic E-state index is 14.8. The molecule has 31 heavy (non-hydrogen) atoms. The Bertz CT molecular complexity index is 811. The summed E-state index contributed by atoms with van der Waals surface area (Å²) in [5, 5.41) is 0.682. The molecule has 0 heterocycles. The lowest BCUT2D eigenvalue weighted by molar-refractivity contribution is 0.224. The van der Waals surface area contributed by atoms with Crippen molar-refractivity contribution in [2.75, 3.05) is 0 Å². The highest BCUT2D eigenvalue weighted by Gasteiger charge is 2.25. The topological polar surface area (TPSA) is 0 Å². The molecule has 0 amide bonds. The van der Waals surface area contributed by atoms with E-state index in [1.807, 2.05) is 30.3 Å². The fourth-order valence-electron chi connectivity index (χ4n) is 6.12. The van der Waals surface area contributed by atoms with E-state index in [1.54, 1.807) is 6.07 Å². The van der Waals surface area contributed by atoms with Gasteiger partial charge in [0.1, 0.15) is 5.82 Å². The zero-order chi connectivity index (χ0) is 21.6. The smallest absolute Gasteiger partial charge is 0.131 e. The van der Waals surface area contributed by atoms with Crippen LogP contribution >= 0.6 is 11.6 Å². The van der Waals surface area contributed by atoms with E-state index in [0.717, 1.165) is 23.3 Å². The molecule has 0 N–H and O–H groups in total. The number of rotatable bonds is 7. The van der Waals surface area contributed by atoms with Crippen molar-refractivity contribution in [3.8, 4) is 11.1 Å². The molecule has 0 aliphatic heterocycles. The molecule has 2 fully saturated rings. The summed E-state index contributed by atoms with van der Waals surface area (Å²) in [6.07, 6.45) is 16.6. The van der Waals surface area contributed by atoms with E-state index in [9.17, 15) is 4.39 Å². The van der Waals surface area contributed by atoms with Gasteiger partial charge >= 0.3 is 0 Å². The second-order valence-corrected chi connectivity index (χ2v) is 10.7. The Balaban J connectivity index is 1.24. The Kier molecular flexibility index (Phi) is 8.10. The van der Waals surface area contributed by atoms with Crippen molar-refractivity contribution in [2.45, 2.75) is 89.9 Å². The minimum atomic E-state index is -0.111. The molecule has 0 unspecified atom stereocenters. The molecule has 0 atom stereocenters. The predicted octanol–water partition coefficient (Wildman–Crippen LogP) is 9.81. The predicted molar refractivity (Wildman–Crippen MR) is 131 cm³/mol. The standard InChI is InChI=1S/C29H38ClF/c1-2-3-21-4-6-22(7-5-21)8-9-23-10-12-24(13-11-23)26-16-19-28(29(31)20-26)25-14-17-27(30)18-15-25/h14-24H,2-13H2,1H3/t21-,22-,23?,24?. The molecule has 0 radical (unpaired) electrons. The van der Waals surface area contributed by atoms with Crippen molar-refractivity contribution in [1.82, 2.24) is 0 Å². The fraction of sp³-hybridized carbons (Fsp3) is 0.586. The Morgan fingerprint density at radius 1 is 0.742 bits per heavy atom. The summed E-state index contributed by atoms with van der Waals surface area (Å²) in [5.74, 6) is 3.31. The van der Waals surface area contributed by atoms with Gasteiger partial charge in [-0.15, -0.1) is 0 Å². The first-order valence-corrected chi connectivity index (χ1v) is 13.1. The molecule has 4 rings (SSSR count). The van der Waals surface area contributed by atoms with E-state index in [-0.39, 0.29) is 5.82 Å². The third-order valence-corrected chi connectivity index (χ3v) is 8.36. The summed E-state index contributed by atoms with van der Waals surface area (Å²) < 4.78 is 14.8. The van der Waals surface area contributed by atoms with Crippen LogP contribution in [0.15, 0.2) is 42.5 Å². The van der Waals surface area contributed by atoms with Gasteiger partial charge in [0.25, 0.3) is 0 Å². The number of benzene rings is 2. The van der Waals surface area contributed by atoms with Gasteiger partial charge in [0.05, 0.1) is 0 Å². The van der Waals surface area contributed by atoms with E-state index in [4.69, 9.17) is 11.6 Å². The molecule has 0 bridgehead atoms. The maximum Gasteiger partial charge on any atom is 0.131 e. The summed E-state index contributed by atoms with van der Waals surface area (Å²) in [4.78, 5) is 0. The van der Waals surface area contributed by atoms with E-state index in [0.29, 0.717) is 16.5 Å². The molecule has 0 nitrogen and oxygen atoms in total. The van der Waals surface area contributed by atoms with Gasteiger partial charge < -0.3 is 0 Å². The molecule has 2 aliphatic rings. The van der Waals surface area contributed by atoms with E-state index >= 15 is 0 Å². The number of hydrogen-bond donors (Lipinski definition) is 0. The molecule has 0 spiro atoms. The van der Waals surface area contributed by atoms with Crippen molar-refractivity contribution in [1.29, 1.82) is 0 Å².